The van der Waals surface area contributed by atoms with Gasteiger partial charge in [0.2, 0.25) is 0 Å². The van der Waals surface area contributed by atoms with Crippen LogP contribution in [0.15, 0.2) is 0 Å². The van der Waals surface area contributed by atoms with Gasteiger partial charge in [0.15, 0.2) is 41.1 Å². The molecule has 8 heteroatoms. The lowest BCUT2D eigenvalue weighted by Gasteiger charge is -2.07. The average Bonchev–Trinajstić information content (AvgIpc) is 2.74. The van der Waals surface area contributed by atoms with Gasteiger partial charge in [-0.05, 0) is 0 Å². The monoisotopic (exact) mass is 309 g/mol. The molecule has 109 valence electrons. The van der Waals surface area contributed by atoms with E-state index in [0.29, 0.717) is 0 Å². The SMILES string of the molecule is Fc1[c]c(F)c2c(c1F)-c1c(F)c(F)c(F)c(F)c1C2F. The summed E-state index contributed by atoms with van der Waals surface area (Å²) < 4.78 is 108. The largest absolute Gasteiger partial charge is 0.237 e. The highest BCUT2D eigenvalue weighted by Crippen LogP contribution is 2.51. The molecule has 0 amide bonds. The van der Waals surface area contributed by atoms with Crippen LogP contribution >= 0.6 is 0 Å². The number of benzene rings is 2. The van der Waals surface area contributed by atoms with Gasteiger partial charge in [0.05, 0.1) is 6.07 Å². The zero-order valence-electron chi connectivity index (χ0n) is 9.60. The Hall–Kier alpha value is -2.12. The van der Waals surface area contributed by atoms with Crippen LogP contribution in [-0.2, 0) is 0 Å². The second kappa shape index (κ2) is 4.19. The van der Waals surface area contributed by atoms with Gasteiger partial charge in [-0.1, -0.05) is 0 Å². The topological polar surface area (TPSA) is 0 Å². The summed E-state index contributed by atoms with van der Waals surface area (Å²) in [5.41, 5.74) is -5.37. The Labute approximate surface area is 111 Å². The summed E-state index contributed by atoms with van der Waals surface area (Å²) in [7, 11) is 0. The van der Waals surface area contributed by atoms with Crippen LogP contribution in [-0.4, -0.2) is 0 Å². The molecule has 0 spiro atoms. The summed E-state index contributed by atoms with van der Waals surface area (Å²) in [5.74, 6) is -14.5. The van der Waals surface area contributed by atoms with Crippen molar-refractivity contribution < 1.29 is 35.1 Å². The molecule has 2 aromatic carbocycles. The Bertz CT molecular complexity index is 796. The molecular weight excluding hydrogens is 308 g/mol. The second-order valence-electron chi connectivity index (χ2n) is 4.26. The molecule has 0 N–H and O–H groups in total. The highest BCUT2D eigenvalue weighted by atomic mass is 19.2. The van der Waals surface area contributed by atoms with Crippen LogP contribution in [0.2, 0.25) is 0 Å². The van der Waals surface area contributed by atoms with Crippen molar-refractivity contribution in [3.63, 3.8) is 0 Å². The molecule has 0 bridgehead atoms. The van der Waals surface area contributed by atoms with Gasteiger partial charge >= 0.3 is 0 Å². The van der Waals surface area contributed by atoms with Crippen molar-refractivity contribution in [1.29, 1.82) is 0 Å². The zero-order chi connectivity index (χ0) is 15.6. The van der Waals surface area contributed by atoms with E-state index in [9.17, 15) is 35.1 Å². The lowest BCUT2D eigenvalue weighted by molar-refractivity contribution is 0.359. The molecule has 3 rings (SSSR count). The third kappa shape index (κ3) is 1.55. The minimum Gasteiger partial charge on any atom is -0.237 e. The Balaban J connectivity index is 2.54. The van der Waals surface area contributed by atoms with Crippen molar-refractivity contribution in [1.82, 2.24) is 0 Å². The molecule has 0 saturated heterocycles. The first-order valence-electron chi connectivity index (χ1n) is 5.37. The molecule has 0 nitrogen and oxygen atoms in total. The van der Waals surface area contributed by atoms with Crippen molar-refractivity contribution >= 4 is 0 Å². The van der Waals surface area contributed by atoms with E-state index in [1.165, 1.54) is 6.07 Å². The van der Waals surface area contributed by atoms with Crippen LogP contribution < -0.4 is 0 Å². The summed E-state index contributed by atoms with van der Waals surface area (Å²) in [6.45, 7) is 0. The molecule has 0 aromatic heterocycles. The Morgan fingerprint density at radius 3 is 1.71 bits per heavy atom. The van der Waals surface area contributed by atoms with E-state index >= 15 is 0 Å². The Morgan fingerprint density at radius 1 is 0.571 bits per heavy atom. The number of alkyl halides is 1. The highest BCUT2D eigenvalue weighted by Gasteiger charge is 2.42. The summed E-state index contributed by atoms with van der Waals surface area (Å²) in [4.78, 5) is 0. The number of rotatable bonds is 0. The maximum atomic E-state index is 14.0. The summed E-state index contributed by atoms with van der Waals surface area (Å²) in [6.07, 6.45) is -2.81. The van der Waals surface area contributed by atoms with Gasteiger partial charge in [-0.25, -0.2) is 35.1 Å². The van der Waals surface area contributed by atoms with Gasteiger partial charge in [0.1, 0.15) is 5.82 Å². The normalized spacial score (nSPS) is 16.1. The van der Waals surface area contributed by atoms with Crippen LogP contribution in [0.5, 0.6) is 0 Å². The van der Waals surface area contributed by atoms with Gasteiger partial charge in [-0.2, -0.15) is 0 Å². The van der Waals surface area contributed by atoms with Gasteiger partial charge < -0.3 is 0 Å². The van der Waals surface area contributed by atoms with Gasteiger partial charge in [-0.3, -0.25) is 0 Å². The van der Waals surface area contributed by atoms with Crippen LogP contribution in [0.25, 0.3) is 11.1 Å². The van der Waals surface area contributed by atoms with Crippen LogP contribution in [0.1, 0.15) is 17.3 Å². The molecule has 21 heavy (non-hydrogen) atoms. The molecule has 0 fully saturated rings. The first-order valence-corrected chi connectivity index (χ1v) is 5.37. The molecule has 0 aliphatic heterocycles. The molecular formula is C13HF8. The summed E-state index contributed by atoms with van der Waals surface area (Å²) in [6, 6.07) is 1.19. The maximum Gasteiger partial charge on any atom is 0.198 e. The summed E-state index contributed by atoms with van der Waals surface area (Å²) >= 11 is 0. The molecule has 2 aromatic rings. The van der Waals surface area contributed by atoms with Crippen LogP contribution in [0.4, 0.5) is 35.1 Å². The zero-order valence-corrected chi connectivity index (χ0v) is 9.60. The number of halogens is 8. The molecule has 1 unspecified atom stereocenters. The van der Waals surface area contributed by atoms with Crippen molar-refractivity contribution in [3.05, 3.63) is 57.9 Å². The van der Waals surface area contributed by atoms with E-state index in [4.69, 9.17) is 0 Å². The Kier molecular flexibility index (Phi) is 2.76. The predicted molar refractivity (Wildman–Crippen MR) is 53.4 cm³/mol. The standard InChI is InChI=1S/C13HF8/c14-2-1-3(15)8(16)5-4(2)9(17)7-6(5)10(18)12(20)13(21)11(7)19/h9H. The number of fused-ring (bicyclic) bond motifs is 3. The third-order valence-corrected chi connectivity index (χ3v) is 3.20. The first kappa shape index (κ1) is 13.8. The fourth-order valence-electron chi connectivity index (χ4n) is 2.31. The number of hydrogen-bond donors (Lipinski definition) is 0. The second-order valence-corrected chi connectivity index (χ2v) is 4.26. The van der Waals surface area contributed by atoms with E-state index in [2.05, 4.69) is 0 Å². The first-order chi connectivity index (χ1) is 9.77. The minimum atomic E-state index is -2.81. The average molecular weight is 309 g/mol. The molecule has 1 atom stereocenters. The van der Waals surface area contributed by atoms with E-state index < -0.39 is 69.1 Å². The molecule has 1 aliphatic rings. The molecule has 1 aliphatic carbocycles. The maximum absolute atomic E-state index is 14.0. The lowest BCUT2D eigenvalue weighted by atomic mass is 10.0. The fraction of sp³-hybridized carbons (Fsp3) is 0.0769. The number of hydrogen-bond acceptors (Lipinski definition) is 0. The van der Waals surface area contributed by atoms with Gasteiger partial charge in [0.25, 0.3) is 0 Å². The lowest BCUT2D eigenvalue weighted by Crippen LogP contribution is -2.03. The minimum absolute atomic E-state index is 1.19. The van der Waals surface area contributed by atoms with Crippen molar-refractivity contribution in [3.8, 4) is 11.1 Å². The van der Waals surface area contributed by atoms with E-state index in [1.54, 1.807) is 0 Å². The van der Waals surface area contributed by atoms with Gasteiger partial charge in [0, 0.05) is 22.3 Å². The van der Waals surface area contributed by atoms with Crippen molar-refractivity contribution in [2.24, 2.45) is 0 Å². The van der Waals surface area contributed by atoms with Crippen molar-refractivity contribution in [2.45, 2.75) is 6.17 Å². The van der Waals surface area contributed by atoms with E-state index in [-0.39, 0.29) is 0 Å². The molecule has 0 saturated carbocycles. The highest BCUT2D eigenvalue weighted by molar-refractivity contribution is 5.79. The van der Waals surface area contributed by atoms with Crippen molar-refractivity contribution in [2.75, 3.05) is 0 Å². The summed E-state index contributed by atoms with van der Waals surface area (Å²) in [5, 5.41) is 0. The molecule has 0 heterocycles. The van der Waals surface area contributed by atoms with Crippen LogP contribution in [0.3, 0.4) is 0 Å². The van der Waals surface area contributed by atoms with E-state index in [1.807, 2.05) is 0 Å². The van der Waals surface area contributed by atoms with Gasteiger partial charge in [-0.15, -0.1) is 0 Å². The fourth-order valence-corrected chi connectivity index (χ4v) is 2.31. The van der Waals surface area contributed by atoms with E-state index in [0.717, 1.165) is 0 Å². The third-order valence-electron chi connectivity index (χ3n) is 3.20. The predicted octanol–water partition coefficient (Wildman–Crippen LogP) is 4.50. The Morgan fingerprint density at radius 2 is 1.10 bits per heavy atom. The molecule has 1 radical (unpaired) electrons. The smallest absolute Gasteiger partial charge is 0.198 e. The van der Waals surface area contributed by atoms with Crippen LogP contribution in [0, 0.1) is 46.8 Å². The quantitative estimate of drug-likeness (QED) is 0.382.